The van der Waals surface area contributed by atoms with Gasteiger partial charge in [-0.25, -0.2) is 0 Å². The van der Waals surface area contributed by atoms with Gasteiger partial charge in [-0.3, -0.25) is 19.3 Å². The fourth-order valence-corrected chi connectivity index (χ4v) is 3.33. The van der Waals surface area contributed by atoms with Crippen molar-refractivity contribution in [3.63, 3.8) is 0 Å². The molecule has 0 atom stereocenters. The number of aromatic nitrogens is 1. The summed E-state index contributed by atoms with van der Waals surface area (Å²) in [5, 5.41) is 5.55. The van der Waals surface area contributed by atoms with E-state index < -0.39 is 0 Å². The molecule has 3 rings (SSSR count). The molecule has 0 aliphatic heterocycles. The molecule has 0 aliphatic carbocycles. The molecule has 0 radical (unpaired) electrons. The van der Waals surface area contributed by atoms with Gasteiger partial charge in [0, 0.05) is 24.2 Å². The maximum absolute atomic E-state index is 12.3. The maximum atomic E-state index is 12.3. The number of pyridine rings is 1. The van der Waals surface area contributed by atoms with Crippen LogP contribution >= 0.6 is 11.9 Å². The van der Waals surface area contributed by atoms with E-state index in [9.17, 15) is 9.59 Å². The first-order chi connectivity index (χ1) is 14.6. The molecule has 3 aromatic rings. The molecular weight excluding hydrogens is 396 g/mol. The molecule has 3 N–H and O–H groups in total. The van der Waals surface area contributed by atoms with E-state index in [-0.39, 0.29) is 18.4 Å². The molecule has 0 saturated heterocycles. The molecular formula is C23H24N4O2S. The summed E-state index contributed by atoms with van der Waals surface area (Å²) in [4.78, 5) is 29.4. The van der Waals surface area contributed by atoms with Crippen molar-refractivity contribution in [2.24, 2.45) is 0 Å². The summed E-state index contributed by atoms with van der Waals surface area (Å²) in [5.74, 6) is -0.400. The molecule has 1 heterocycles. The number of nitrogens with one attached hydrogen (secondary N) is 3. The Bertz CT molecular complexity index is 978. The Hall–Kier alpha value is -3.16. The summed E-state index contributed by atoms with van der Waals surface area (Å²) in [6.45, 7) is 2.89. The minimum atomic E-state index is -0.268. The van der Waals surface area contributed by atoms with Crippen LogP contribution in [0.1, 0.15) is 16.1 Å². The van der Waals surface area contributed by atoms with E-state index in [0.29, 0.717) is 18.8 Å². The average Bonchev–Trinajstić information content (AvgIpc) is 2.78. The smallest absolute Gasteiger partial charge is 0.269 e. The second-order valence-electron chi connectivity index (χ2n) is 6.64. The molecule has 0 saturated carbocycles. The van der Waals surface area contributed by atoms with Gasteiger partial charge in [0.15, 0.2) is 0 Å². The lowest BCUT2D eigenvalue weighted by Crippen LogP contribution is -2.38. The minimum absolute atomic E-state index is 0.131. The van der Waals surface area contributed by atoms with Gasteiger partial charge in [0.2, 0.25) is 5.91 Å². The van der Waals surface area contributed by atoms with Crippen molar-refractivity contribution in [2.75, 3.05) is 19.6 Å². The molecule has 0 aliphatic rings. The predicted octanol–water partition coefficient (Wildman–Crippen LogP) is 3.20. The SMILES string of the molecule is Cc1ccc(SNCC(=O)NCCNC(=O)c2cc(-c3ccccc3)ccn2)cc1. The Morgan fingerprint density at radius 2 is 1.63 bits per heavy atom. The molecule has 7 heteroatoms. The van der Waals surface area contributed by atoms with Crippen LogP contribution in [0, 0.1) is 6.92 Å². The number of nitrogens with zero attached hydrogens (tertiary/aromatic N) is 1. The van der Waals surface area contributed by atoms with Crippen molar-refractivity contribution >= 4 is 23.8 Å². The van der Waals surface area contributed by atoms with Crippen molar-refractivity contribution in [3.05, 3.63) is 84.2 Å². The number of carbonyl (C=O) groups is 2. The third-order valence-electron chi connectivity index (χ3n) is 4.28. The van der Waals surface area contributed by atoms with E-state index in [4.69, 9.17) is 0 Å². The summed E-state index contributed by atoms with van der Waals surface area (Å²) in [6.07, 6.45) is 1.62. The number of carbonyl (C=O) groups excluding carboxylic acids is 2. The normalized spacial score (nSPS) is 10.4. The standard InChI is InChI=1S/C23H24N4O2S/c1-17-7-9-20(10-8-17)30-27-16-22(28)25-13-14-26-23(29)21-15-19(11-12-24-21)18-5-3-2-4-6-18/h2-12,15,27H,13-14,16H2,1H3,(H,25,28)(H,26,29). The zero-order valence-corrected chi connectivity index (χ0v) is 17.5. The van der Waals surface area contributed by atoms with Crippen LogP contribution in [0.5, 0.6) is 0 Å². The van der Waals surface area contributed by atoms with Crippen molar-refractivity contribution in [2.45, 2.75) is 11.8 Å². The Kier molecular flexibility index (Phi) is 8.00. The van der Waals surface area contributed by atoms with E-state index in [1.54, 1.807) is 12.3 Å². The van der Waals surface area contributed by atoms with Gasteiger partial charge in [-0.2, -0.15) is 0 Å². The average molecular weight is 421 g/mol. The molecule has 1 aromatic heterocycles. The van der Waals surface area contributed by atoms with Gasteiger partial charge in [0.25, 0.3) is 5.91 Å². The third-order valence-corrected chi connectivity index (χ3v) is 5.07. The Labute approximate surface area is 180 Å². The van der Waals surface area contributed by atoms with Crippen LogP contribution in [-0.4, -0.2) is 36.4 Å². The predicted molar refractivity (Wildman–Crippen MR) is 120 cm³/mol. The molecule has 6 nitrogen and oxygen atoms in total. The number of benzene rings is 2. The Morgan fingerprint density at radius 1 is 0.900 bits per heavy atom. The molecule has 2 aromatic carbocycles. The second-order valence-corrected chi connectivity index (χ2v) is 7.60. The molecule has 30 heavy (non-hydrogen) atoms. The summed E-state index contributed by atoms with van der Waals surface area (Å²) >= 11 is 1.41. The van der Waals surface area contributed by atoms with E-state index in [2.05, 4.69) is 20.3 Å². The van der Waals surface area contributed by atoms with Crippen LogP contribution in [0.15, 0.2) is 77.8 Å². The number of amides is 2. The zero-order valence-electron chi connectivity index (χ0n) is 16.7. The highest BCUT2D eigenvalue weighted by molar-refractivity contribution is 7.97. The molecule has 0 spiro atoms. The first-order valence-electron chi connectivity index (χ1n) is 9.64. The highest BCUT2D eigenvalue weighted by Crippen LogP contribution is 2.18. The summed E-state index contributed by atoms with van der Waals surface area (Å²) in [5.41, 5.74) is 3.50. The quantitative estimate of drug-likeness (QED) is 0.366. The van der Waals surface area contributed by atoms with Crippen LogP contribution in [-0.2, 0) is 4.79 Å². The van der Waals surface area contributed by atoms with Gasteiger partial charge < -0.3 is 10.6 Å². The molecule has 0 unspecified atom stereocenters. The van der Waals surface area contributed by atoms with Crippen LogP contribution in [0.3, 0.4) is 0 Å². The third kappa shape index (κ3) is 6.72. The van der Waals surface area contributed by atoms with Crippen LogP contribution in [0.4, 0.5) is 0 Å². The molecule has 0 bridgehead atoms. The van der Waals surface area contributed by atoms with Gasteiger partial charge >= 0.3 is 0 Å². The highest BCUT2D eigenvalue weighted by Gasteiger charge is 2.08. The summed E-state index contributed by atoms with van der Waals surface area (Å²) in [7, 11) is 0. The van der Waals surface area contributed by atoms with Gasteiger partial charge in [-0.15, -0.1) is 0 Å². The van der Waals surface area contributed by atoms with E-state index in [0.717, 1.165) is 16.0 Å². The van der Waals surface area contributed by atoms with Gasteiger partial charge in [-0.05, 0) is 54.3 Å². The highest BCUT2D eigenvalue weighted by atomic mass is 32.2. The lowest BCUT2D eigenvalue weighted by Gasteiger charge is -2.08. The van der Waals surface area contributed by atoms with Crippen molar-refractivity contribution < 1.29 is 9.59 Å². The van der Waals surface area contributed by atoms with Crippen molar-refractivity contribution in [1.82, 2.24) is 20.3 Å². The monoisotopic (exact) mass is 420 g/mol. The Balaban J connectivity index is 1.36. The number of rotatable bonds is 9. The lowest BCUT2D eigenvalue weighted by molar-refractivity contribution is -0.119. The van der Waals surface area contributed by atoms with Crippen LogP contribution in [0.25, 0.3) is 11.1 Å². The second kappa shape index (κ2) is 11.1. The minimum Gasteiger partial charge on any atom is -0.353 e. The van der Waals surface area contributed by atoms with Gasteiger partial charge in [0.1, 0.15) is 5.69 Å². The fraction of sp³-hybridized carbons (Fsp3) is 0.174. The first kappa shape index (κ1) is 21.5. The van der Waals surface area contributed by atoms with Crippen LogP contribution < -0.4 is 15.4 Å². The fourth-order valence-electron chi connectivity index (χ4n) is 2.69. The Morgan fingerprint density at radius 3 is 2.40 bits per heavy atom. The van der Waals surface area contributed by atoms with E-state index in [1.807, 2.05) is 67.6 Å². The van der Waals surface area contributed by atoms with Crippen molar-refractivity contribution in [1.29, 1.82) is 0 Å². The first-order valence-corrected chi connectivity index (χ1v) is 10.5. The lowest BCUT2D eigenvalue weighted by atomic mass is 10.1. The number of hydrogen-bond acceptors (Lipinski definition) is 5. The summed E-state index contributed by atoms with van der Waals surface area (Å²) in [6, 6.07) is 21.5. The topological polar surface area (TPSA) is 83.1 Å². The summed E-state index contributed by atoms with van der Waals surface area (Å²) < 4.78 is 3.03. The van der Waals surface area contributed by atoms with Gasteiger partial charge in [-0.1, -0.05) is 48.0 Å². The molecule has 2 amide bonds. The zero-order chi connectivity index (χ0) is 21.2. The van der Waals surface area contributed by atoms with Crippen molar-refractivity contribution in [3.8, 4) is 11.1 Å². The van der Waals surface area contributed by atoms with Gasteiger partial charge in [0.05, 0.1) is 6.54 Å². The van der Waals surface area contributed by atoms with Crippen LogP contribution in [0.2, 0.25) is 0 Å². The van der Waals surface area contributed by atoms with E-state index >= 15 is 0 Å². The molecule has 154 valence electrons. The largest absolute Gasteiger partial charge is 0.353 e. The number of aryl methyl sites for hydroxylation is 1. The van der Waals surface area contributed by atoms with E-state index in [1.165, 1.54) is 17.5 Å². The maximum Gasteiger partial charge on any atom is 0.269 e. The number of hydrogen-bond donors (Lipinski definition) is 3. The molecule has 0 fully saturated rings.